The van der Waals surface area contributed by atoms with Crippen LogP contribution in [0.25, 0.3) is 0 Å². The molecule has 0 heterocycles. The Balaban J connectivity index is 2.69. The van der Waals surface area contributed by atoms with Crippen molar-refractivity contribution >= 4 is 21.1 Å². The minimum Gasteiger partial charge on any atom is -0.776 e. The summed E-state index contributed by atoms with van der Waals surface area (Å²) in [6.45, 7) is -0.150. The van der Waals surface area contributed by atoms with Crippen molar-refractivity contribution in [2.75, 3.05) is 6.54 Å². The van der Waals surface area contributed by atoms with Crippen LogP contribution in [0.2, 0.25) is 0 Å². The molecule has 136 valence electrons. The van der Waals surface area contributed by atoms with Gasteiger partial charge >= 0.3 is 0 Å². The Morgan fingerprint density at radius 2 is 1.67 bits per heavy atom. The molecule has 1 amide bonds. The van der Waals surface area contributed by atoms with Gasteiger partial charge in [-0.25, -0.2) is 0 Å². The van der Waals surface area contributed by atoms with Crippen LogP contribution in [0.15, 0.2) is 18.2 Å². The fraction of sp³-hybridized carbons (Fsp3) is 0.364. The number of phenolic OH excluding ortho intramolecular Hbond substituents is 2. The number of amides is 1. The Morgan fingerprint density at radius 3 is 2.12 bits per heavy atom. The maximum atomic E-state index is 11.6. The molecule has 0 saturated carbocycles. The molecule has 0 fully saturated rings. The SMILES string of the molecule is O=C(CC(O)(P(=O)([O-])O)P(=O)([O-])O)NCCc1ccc(O)c(O)c1. The van der Waals surface area contributed by atoms with Crippen LogP contribution >= 0.6 is 15.2 Å². The normalized spacial score (nSPS) is 18.9. The zero-order valence-corrected chi connectivity index (χ0v) is 13.8. The summed E-state index contributed by atoms with van der Waals surface area (Å²) >= 11 is 0. The molecule has 0 spiro atoms. The van der Waals surface area contributed by atoms with Gasteiger partial charge in [-0.2, -0.15) is 0 Å². The molecule has 0 radical (unpaired) electrons. The molecule has 2 atom stereocenters. The molecule has 6 N–H and O–H groups in total. The lowest BCUT2D eigenvalue weighted by molar-refractivity contribution is -0.227. The summed E-state index contributed by atoms with van der Waals surface area (Å²) in [5.74, 6) is -2.01. The quantitative estimate of drug-likeness (QED) is 0.223. The van der Waals surface area contributed by atoms with E-state index in [1.807, 2.05) is 0 Å². The number of carbonyl (C=O) groups is 1. The molecule has 1 rings (SSSR count). The third-order valence-corrected chi connectivity index (χ3v) is 6.72. The average Bonchev–Trinajstić information content (AvgIpc) is 2.40. The van der Waals surface area contributed by atoms with Crippen molar-refractivity contribution in [3.63, 3.8) is 0 Å². The van der Waals surface area contributed by atoms with Gasteiger partial charge in [0, 0.05) is 6.54 Å². The molecule has 1 aromatic carbocycles. The van der Waals surface area contributed by atoms with Gasteiger partial charge in [-0.05, 0) is 24.1 Å². The largest absolute Gasteiger partial charge is 0.776 e. The maximum absolute atomic E-state index is 11.6. The summed E-state index contributed by atoms with van der Waals surface area (Å²) in [6.07, 6.45) is -1.51. The standard InChI is InChI=1S/C11H17NO10P2/c13-8-2-1-7(5-9(8)14)3-4-12-10(15)6-11(16,23(17,18)19)24(20,21)22/h1-2,5,13-14,16H,3-4,6H2,(H,12,15)(H2,17,18,19)(H2,20,21,22)/p-2. The number of rotatable bonds is 7. The van der Waals surface area contributed by atoms with Crippen LogP contribution in [0.3, 0.4) is 0 Å². The van der Waals surface area contributed by atoms with Crippen molar-refractivity contribution in [1.82, 2.24) is 5.32 Å². The van der Waals surface area contributed by atoms with Crippen molar-refractivity contribution in [3.05, 3.63) is 23.8 Å². The van der Waals surface area contributed by atoms with E-state index >= 15 is 0 Å². The van der Waals surface area contributed by atoms with E-state index in [0.29, 0.717) is 5.56 Å². The molecule has 1 aromatic rings. The smallest absolute Gasteiger partial charge is 0.224 e. The first-order chi connectivity index (χ1) is 10.8. The fourth-order valence-electron chi connectivity index (χ4n) is 1.71. The molecular weight excluding hydrogens is 368 g/mol. The van der Waals surface area contributed by atoms with Crippen molar-refractivity contribution < 1.29 is 48.8 Å². The molecule has 0 aliphatic heterocycles. The molecule has 13 heteroatoms. The molecule has 0 aliphatic carbocycles. The zero-order chi connectivity index (χ0) is 18.8. The van der Waals surface area contributed by atoms with Crippen molar-refractivity contribution in [2.45, 2.75) is 17.9 Å². The summed E-state index contributed by atoms with van der Waals surface area (Å²) in [6, 6.07) is 3.83. The van der Waals surface area contributed by atoms with E-state index in [0.717, 1.165) is 0 Å². The number of hydrogen-bond acceptors (Lipinski definition) is 8. The van der Waals surface area contributed by atoms with Crippen LogP contribution < -0.4 is 15.1 Å². The van der Waals surface area contributed by atoms with E-state index in [4.69, 9.17) is 14.9 Å². The first-order valence-electron chi connectivity index (χ1n) is 6.35. The molecule has 2 unspecified atom stereocenters. The van der Waals surface area contributed by atoms with E-state index in [-0.39, 0.29) is 18.7 Å². The first kappa shape index (κ1) is 20.6. The van der Waals surface area contributed by atoms with Crippen LogP contribution in [-0.4, -0.2) is 42.6 Å². The van der Waals surface area contributed by atoms with Crippen LogP contribution in [0.4, 0.5) is 0 Å². The number of aromatic hydroxyl groups is 2. The Labute approximate surface area is 135 Å². The molecule has 0 saturated heterocycles. The second-order valence-electron chi connectivity index (χ2n) is 4.91. The number of hydrogen-bond donors (Lipinski definition) is 6. The van der Waals surface area contributed by atoms with Gasteiger partial charge in [-0.1, -0.05) is 6.07 Å². The number of phenols is 2. The van der Waals surface area contributed by atoms with Gasteiger partial charge in [0.2, 0.25) is 5.91 Å². The monoisotopic (exact) mass is 383 g/mol. The van der Waals surface area contributed by atoms with Gasteiger partial charge in [-0.15, -0.1) is 0 Å². The summed E-state index contributed by atoms with van der Waals surface area (Å²) in [7, 11) is -12.0. The van der Waals surface area contributed by atoms with Crippen molar-refractivity contribution in [3.8, 4) is 11.5 Å². The minimum absolute atomic E-state index is 0.111. The van der Waals surface area contributed by atoms with Crippen LogP contribution in [0.5, 0.6) is 11.5 Å². The lowest BCUT2D eigenvalue weighted by Crippen LogP contribution is -2.42. The fourth-order valence-corrected chi connectivity index (χ4v) is 3.67. The highest BCUT2D eigenvalue weighted by Gasteiger charge is 2.48. The molecule has 0 aliphatic rings. The van der Waals surface area contributed by atoms with Crippen molar-refractivity contribution in [1.29, 1.82) is 0 Å². The summed E-state index contributed by atoms with van der Waals surface area (Å²) in [5.41, 5.74) is 0.481. The van der Waals surface area contributed by atoms with E-state index < -0.39 is 38.4 Å². The predicted molar refractivity (Wildman–Crippen MR) is 75.7 cm³/mol. The van der Waals surface area contributed by atoms with Crippen LogP contribution in [0.1, 0.15) is 12.0 Å². The highest BCUT2D eigenvalue weighted by atomic mass is 31.2. The van der Waals surface area contributed by atoms with Gasteiger partial charge in [0.1, 0.15) is 0 Å². The lowest BCUT2D eigenvalue weighted by Gasteiger charge is -2.41. The van der Waals surface area contributed by atoms with Crippen molar-refractivity contribution in [2.24, 2.45) is 0 Å². The average molecular weight is 383 g/mol. The Kier molecular flexibility index (Phi) is 6.18. The molecule has 11 nitrogen and oxygen atoms in total. The number of carbonyl (C=O) groups excluding carboxylic acids is 1. The van der Waals surface area contributed by atoms with E-state index in [1.54, 1.807) is 0 Å². The number of aliphatic hydroxyl groups is 1. The molecular formula is C11H15NO10P2-2. The van der Waals surface area contributed by atoms with E-state index in [9.17, 15) is 33.9 Å². The number of nitrogens with one attached hydrogen (secondary N) is 1. The topological polar surface area (TPSA) is 211 Å². The first-order valence-corrected chi connectivity index (χ1v) is 9.51. The zero-order valence-electron chi connectivity index (χ0n) is 12.0. The molecule has 0 bridgehead atoms. The van der Waals surface area contributed by atoms with Crippen LogP contribution in [0, 0.1) is 0 Å². The van der Waals surface area contributed by atoms with Gasteiger partial charge in [-0.3, -0.25) is 4.79 Å². The summed E-state index contributed by atoms with van der Waals surface area (Å²) < 4.78 is 21.9. The van der Waals surface area contributed by atoms with Gasteiger partial charge in [0.25, 0.3) is 0 Å². The number of benzene rings is 1. The third-order valence-electron chi connectivity index (χ3n) is 3.08. The molecule has 0 aromatic heterocycles. The maximum Gasteiger partial charge on any atom is 0.224 e. The second-order valence-corrected chi connectivity index (χ2v) is 8.83. The Bertz CT molecular complexity index is 687. The summed E-state index contributed by atoms with van der Waals surface area (Å²) in [5, 5.41) is 25.9. The molecule has 24 heavy (non-hydrogen) atoms. The van der Waals surface area contributed by atoms with E-state index in [2.05, 4.69) is 5.32 Å². The van der Waals surface area contributed by atoms with Gasteiger partial charge in [0.05, 0.1) is 6.42 Å². The summed E-state index contributed by atoms with van der Waals surface area (Å²) in [4.78, 5) is 51.0. The Hall–Kier alpha value is -1.45. The highest BCUT2D eigenvalue weighted by molar-refractivity contribution is 7.70. The van der Waals surface area contributed by atoms with E-state index in [1.165, 1.54) is 18.2 Å². The third kappa shape index (κ3) is 4.78. The van der Waals surface area contributed by atoms with Gasteiger partial charge < -0.3 is 49.3 Å². The highest BCUT2D eigenvalue weighted by Crippen LogP contribution is 2.64. The lowest BCUT2D eigenvalue weighted by atomic mass is 10.1. The van der Waals surface area contributed by atoms with Crippen LogP contribution in [-0.2, 0) is 20.3 Å². The predicted octanol–water partition coefficient (Wildman–Crippen LogP) is -2.12. The van der Waals surface area contributed by atoms with Gasteiger partial charge in [0.15, 0.2) is 31.8 Å². The second kappa shape index (κ2) is 7.20. The Morgan fingerprint density at radius 1 is 1.12 bits per heavy atom. The minimum atomic E-state index is -6.01.